The molecule has 1 saturated heterocycles. The first kappa shape index (κ1) is 13.4. The van der Waals surface area contributed by atoms with Gasteiger partial charge in [-0.05, 0) is 40.5 Å². The number of rotatable bonds is 3. The number of nitrogens with zero attached hydrogens (tertiary/aromatic N) is 1. The molecule has 1 aliphatic rings. The lowest BCUT2D eigenvalue weighted by Gasteiger charge is -2.15. The van der Waals surface area contributed by atoms with E-state index in [4.69, 9.17) is 10.5 Å². The molecule has 20 heavy (non-hydrogen) atoms. The number of likely N-dealkylation sites (tertiary alicyclic amines) is 1. The number of methoxy groups -OCH3 is 1. The van der Waals surface area contributed by atoms with Crippen LogP contribution in [0.2, 0.25) is 0 Å². The highest BCUT2D eigenvalue weighted by molar-refractivity contribution is 5.84. The molecule has 0 spiro atoms. The first-order chi connectivity index (χ1) is 9.65. The lowest BCUT2D eigenvalue weighted by molar-refractivity contribution is 0.319. The Morgan fingerprint density at radius 1 is 1.15 bits per heavy atom. The van der Waals surface area contributed by atoms with Gasteiger partial charge in [0.05, 0.1) is 7.11 Å². The highest BCUT2D eigenvalue weighted by Gasteiger charge is 2.26. The zero-order valence-electron chi connectivity index (χ0n) is 12.2. The van der Waals surface area contributed by atoms with Crippen LogP contribution in [-0.2, 0) is 6.54 Å². The Morgan fingerprint density at radius 2 is 1.90 bits per heavy atom. The third-order valence-corrected chi connectivity index (χ3v) is 4.26. The highest BCUT2D eigenvalue weighted by atomic mass is 16.5. The first-order valence-electron chi connectivity index (χ1n) is 7.20. The van der Waals surface area contributed by atoms with E-state index in [-0.39, 0.29) is 0 Å². The SMILES string of the molecule is COc1ccc2cc(CN3CC(C)C(N)C3)ccc2c1. The maximum atomic E-state index is 6.09. The predicted molar refractivity (Wildman–Crippen MR) is 82.9 cm³/mol. The second-order valence-corrected chi connectivity index (χ2v) is 5.88. The van der Waals surface area contributed by atoms with E-state index in [1.165, 1.54) is 16.3 Å². The van der Waals surface area contributed by atoms with Crippen molar-refractivity contribution in [2.45, 2.75) is 19.5 Å². The Balaban J connectivity index is 1.79. The molecule has 0 amide bonds. The lowest BCUT2D eigenvalue weighted by atomic mass is 10.1. The van der Waals surface area contributed by atoms with Crippen molar-refractivity contribution in [3.05, 3.63) is 42.0 Å². The minimum Gasteiger partial charge on any atom is -0.497 e. The standard InChI is InChI=1S/C17H22N2O/c1-12-9-19(11-17(12)18)10-13-3-4-15-8-16(20-2)6-5-14(15)7-13/h3-8,12,17H,9-11,18H2,1-2H3. The van der Waals surface area contributed by atoms with Crippen LogP contribution < -0.4 is 10.5 Å². The van der Waals surface area contributed by atoms with Gasteiger partial charge in [-0.1, -0.05) is 25.1 Å². The number of benzene rings is 2. The van der Waals surface area contributed by atoms with Crippen LogP contribution in [-0.4, -0.2) is 31.1 Å². The Kier molecular flexibility index (Phi) is 3.64. The summed E-state index contributed by atoms with van der Waals surface area (Å²) in [6.07, 6.45) is 0. The predicted octanol–water partition coefficient (Wildman–Crippen LogP) is 2.63. The van der Waals surface area contributed by atoms with Crippen LogP contribution in [0.3, 0.4) is 0 Å². The first-order valence-corrected chi connectivity index (χ1v) is 7.20. The molecule has 0 radical (unpaired) electrons. The maximum Gasteiger partial charge on any atom is 0.119 e. The number of hydrogen-bond donors (Lipinski definition) is 1. The van der Waals surface area contributed by atoms with E-state index >= 15 is 0 Å². The van der Waals surface area contributed by atoms with Gasteiger partial charge in [0.1, 0.15) is 5.75 Å². The van der Waals surface area contributed by atoms with Crippen molar-refractivity contribution in [1.82, 2.24) is 4.90 Å². The third kappa shape index (κ3) is 2.65. The summed E-state index contributed by atoms with van der Waals surface area (Å²) in [5, 5.41) is 2.49. The molecule has 1 fully saturated rings. The van der Waals surface area contributed by atoms with Crippen LogP contribution >= 0.6 is 0 Å². The van der Waals surface area contributed by atoms with E-state index < -0.39 is 0 Å². The minimum atomic E-state index is 0.319. The van der Waals surface area contributed by atoms with E-state index in [1.54, 1.807) is 7.11 Å². The molecule has 1 aliphatic heterocycles. The second-order valence-electron chi connectivity index (χ2n) is 5.88. The summed E-state index contributed by atoms with van der Waals surface area (Å²) >= 11 is 0. The molecule has 1 heterocycles. The number of fused-ring (bicyclic) bond motifs is 1. The molecule has 0 aromatic heterocycles. The van der Waals surface area contributed by atoms with Gasteiger partial charge in [-0.15, -0.1) is 0 Å². The molecule has 2 atom stereocenters. The van der Waals surface area contributed by atoms with Crippen molar-refractivity contribution in [3.63, 3.8) is 0 Å². The molecule has 2 aromatic carbocycles. The lowest BCUT2D eigenvalue weighted by Crippen LogP contribution is -2.28. The molecule has 3 rings (SSSR count). The van der Waals surface area contributed by atoms with Gasteiger partial charge in [0, 0.05) is 25.7 Å². The van der Waals surface area contributed by atoms with Gasteiger partial charge in [0.2, 0.25) is 0 Å². The van der Waals surface area contributed by atoms with E-state index in [0.717, 1.165) is 25.4 Å². The zero-order chi connectivity index (χ0) is 14.1. The van der Waals surface area contributed by atoms with Gasteiger partial charge in [0.15, 0.2) is 0 Å². The van der Waals surface area contributed by atoms with Crippen molar-refractivity contribution in [3.8, 4) is 5.75 Å². The fourth-order valence-corrected chi connectivity index (χ4v) is 2.98. The molecule has 2 N–H and O–H groups in total. The van der Waals surface area contributed by atoms with E-state index in [2.05, 4.69) is 42.2 Å². The van der Waals surface area contributed by atoms with E-state index in [9.17, 15) is 0 Å². The van der Waals surface area contributed by atoms with Gasteiger partial charge in [0.25, 0.3) is 0 Å². The van der Waals surface area contributed by atoms with Crippen LogP contribution in [0, 0.1) is 5.92 Å². The van der Waals surface area contributed by atoms with Gasteiger partial charge >= 0.3 is 0 Å². The summed E-state index contributed by atoms with van der Waals surface area (Å²) in [5.74, 6) is 1.50. The van der Waals surface area contributed by atoms with Crippen LogP contribution in [0.25, 0.3) is 10.8 Å². The fraction of sp³-hybridized carbons (Fsp3) is 0.412. The summed E-state index contributed by atoms with van der Waals surface area (Å²) in [5.41, 5.74) is 7.44. The Labute approximate surface area is 120 Å². The van der Waals surface area contributed by atoms with Crippen LogP contribution in [0.1, 0.15) is 12.5 Å². The number of nitrogens with two attached hydrogens (primary N) is 1. The fourth-order valence-electron chi connectivity index (χ4n) is 2.98. The smallest absolute Gasteiger partial charge is 0.119 e. The summed E-state index contributed by atoms with van der Waals surface area (Å²) in [7, 11) is 1.70. The second kappa shape index (κ2) is 5.43. The molecule has 2 unspecified atom stereocenters. The Bertz CT molecular complexity index is 601. The Morgan fingerprint density at radius 3 is 2.60 bits per heavy atom. The van der Waals surface area contributed by atoms with Crippen molar-refractivity contribution in [2.24, 2.45) is 11.7 Å². The molecular formula is C17H22N2O. The normalized spacial score (nSPS) is 23.4. The molecule has 2 aromatic rings. The topological polar surface area (TPSA) is 38.5 Å². The molecular weight excluding hydrogens is 248 g/mol. The Hall–Kier alpha value is -1.58. The summed E-state index contributed by atoms with van der Waals surface area (Å²) in [6.45, 7) is 5.32. The average molecular weight is 270 g/mol. The minimum absolute atomic E-state index is 0.319. The van der Waals surface area contributed by atoms with Gasteiger partial charge in [-0.2, -0.15) is 0 Å². The molecule has 3 heteroatoms. The maximum absolute atomic E-state index is 6.09. The summed E-state index contributed by atoms with van der Waals surface area (Å²) in [6, 6.07) is 13.2. The summed E-state index contributed by atoms with van der Waals surface area (Å²) < 4.78 is 5.26. The molecule has 106 valence electrons. The largest absolute Gasteiger partial charge is 0.497 e. The van der Waals surface area contributed by atoms with Crippen molar-refractivity contribution in [2.75, 3.05) is 20.2 Å². The van der Waals surface area contributed by atoms with Crippen LogP contribution in [0.4, 0.5) is 0 Å². The van der Waals surface area contributed by atoms with Gasteiger partial charge < -0.3 is 10.5 Å². The van der Waals surface area contributed by atoms with Crippen molar-refractivity contribution in [1.29, 1.82) is 0 Å². The van der Waals surface area contributed by atoms with E-state index in [0.29, 0.717) is 12.0 Å². The highest BCUT2D eigenvalue weighted by Crippen LogP contribution is 2.23. The van der Waals surface area contributed by atoms with Crippen LogP contribution in [0.15, 0.2) is 36.4 Å². The number of ether oxygens (including phenoxy) is 1. The third-order valence-electron chi connectivity index (χ3n) is 4.26. The zero-order valence-corrected chi connectivity index (χ0v) is 12.2. The van der Waals surface area contributed by atoms with Crippen molar-refractivity contribution < 1.29 is 4.74 Å². The van der Waals surface area contributed by atoms with Crippen LogP contribution in [0.5, 0.6) is 5.75 Å². The summed E-state index contributed by atoms with van der Waals surface area (Å²) in [4.78, 5) is 2.44. The number of hydrogen-bond acceptors (Lipinski definition) is 3. The van der Waals surface area contributed by atoms with E-state index in [1.807, 2.05) is 6.07 Å². The molecule has 0 aliphatic carbocycles. The monoisotopic (exact) mass is 270 g/mol. The van der Waals surface area contributed by atoms with Gasteiger partial charge in [-0.3, -0.25) is 4.90 Å². The molecule has 0 bridgehead atoms. The molecule has 0 saturated carbocycles. The quantitative estimate of drug-likeness (QED) is 0.932. The van der Waals surface area contributed by atoms with Crippen molar-refractivity contribution >= 4 is 10.8 Å². The average Bonchev–Trinajstić information content (AvgIpc) is 2.76. The molecule has 3 nitrogen and oxygen atoms in total. The van der Waals surface area contributed by atoms with Gasteiger partial charge in [-0.25, -0.2) is 0 Å².